The van der Waals surface area contributed by atoms with E-state index >= 15 is 0 Å². The number of rotatable bonds is 16. The maximum atomic E-state index is 11.0. The minimum atomic E-state index is -1.38. The van der Waals surface area contributed by atoms with Crippen LogP contribution in [0.3, 0.4) is 0 Å². The van der Waals surface area contributed by atoms with E-state index in [4.69, 9.17) is 0 Å². The van der Waals surface area contributed by atoms with Crippen molar-refractivity contribution >= 4 is 21.5 Å². The van der Waals surface area contributed by atoms with Gasteiger partial charge in [0.1, 0.15) is 0 Å². The molecule has 0 radical (unpaired) electrons. The zero-order valence-electron chi connectivity index (χ0n) is 14.4. The van der Waals surface area contributed by atoms with Crippen molar-refractivity contribution < 1.29 is 12.4 Å². The van der Waals surface area contributed by atoms with Gasteiger partial charge in [0.2, 0.25) is 0 Å². The normalized spacial score (nSPS) is 10.8. The van der Waals surface area contributed by atoms with Crippen LogP contribution in [0.5, 0.6) is 0 Å². The summed E-state index contributed by atoms with van der Waals surface area (Å²) in [4.78, 5) is 11.0. The number of unbranched alkanes of at least 4 members (excludes halogenated alkanes) is 11. The monoisotopic (exact) mass is 324 g/mol. The Balaban J connectivity index is 3.14. The van der Waals surface area contributed by atoms with E-state index in [2.05, 4.69) is 22.9 Å². The van der Waals surface area contributed by atoms with Gasteiger partial charge in [-0.3, -0.25) is 0 Å². The van der Waals surface area contributed by atoms with Gasteiger partial charge in [0.25, 0.3) is 0 Å². The second-order valence-electron chi connectivity index (χ2n) is 5.92. The van der Waals surface area contributed by atoms with Crippen molar-refractivity contribution in [3.63, 3.8) is 0 Å². The second-order valence-corrected chi connectivity index (χ2v) is 6.35. The molecule has 126 valence electrons. The van der Waals surface area contributed by atoms with Crippen LogP contribution in [-0.2, 0) is 12.4 Å². The molecule has 0 bridgehead atoms. The predicted molar refractivity (Wildman–Crippen MR) is 92.0 cm³/mol. The van der Waals surface area contributed by atoms with E-state index in [-0.39, 0.29) is 5.97 Å². The Hall–Kier alpha value is -0.458. The third kappa shape index (κ3) is 17.6. The predicted octanol–water partition coefficient (Wildman–Crippen LogP) is 5.53. The van der Waals surface area contributed by atoms with Crippen LogP contribution in [0.1, 0.15) is 96.8 Å². The molecule has 0 rings (SSSR count). The quantitative estimate of drug-likeness (QED) is 0.213. The summed E-state index contributed by atoms with van der Waals surface area (Å²) in [5, 5.41) is 0. The van der Waals surface area contributed by atoms with E-state index < -0.39 is 15.5 Å². The summed E-state index contributed by atoms with van der Waals surface area (Å²) in [6.45, 7) is 2.26. The molecule has 0 aromatic carbocycles. The fourth-order valence-corrected chi connectivity index (χ4v) is 2.68. The van der Waals surface area contributed by atoms with Gasteiger partial charge in [-0.05, 0) is 6.42 Å². The van der Waals surface area contributed by atoms with Gasteiger partial charge in [-0.1, -0.05) is 39.0 Å². The molecule has 0 aromatic rings. The van der Waals surface area contributed by atoms with Gasteiger partial charge >= 0.3 is 97.4 Å². The van der Waals surface area contributed by atoms with Crippen molar-refractivity contribution in [3.8, 4) is 0 Å². The number of hydrogen-bond acceptors (Lipinski definition) is 3. The molecular weight excluding hydrogens is 291 g/mol. The molecule has 0 aliphatic heterocycles. The summed E-state index contributed by atoms with van der Waals surface area (Å²) in [6.07, 6.45) is 21.2. The number of hydrogen-bond donors (Lipinski definition) is 0. The van der Waals surface area contributed by atoms with E-state index in [1.165, 1.54) is 70.6 Å². The number of allylic oxidation sites excluding steroid dienone is 2. The third-order valence-electron chi connectivity index (χ3n) is 3.82. The van der Waals surface area contributed by atoms with Crippen molar-refractivity contribution in [1.82, 2.24) is 0 Å². The average Bonchev–Trinajstić information content (AvgIpc) is 2.51. The van der Waals surface area contributed by atoms with Crippen molar-refractivity contribution in [3.05, 3.63) is 12.2 Å². The molecule has 0 aromatic heterocycles. The standard InChI is InChI=1S/C18H34O2.Al.O/c1-2-3-4-5-6-7-8-9-10-11-12-13-14-15-16-17-18(19)20;;/h9-10H,2-8,11-17H2,1H3,(H,19,20);;/q;+1;/p-1/b10-9-;;. The molecule has 0 heterocycles. The number of carbonyl (C=O) groups is 1. The van der Waals surface area contributed by atoms with Gasteiger partial charge in [0.05, 0.1) is 0 Å². The first kappa shape index (κ1) is 21.5. The topological polar surface area (TPSA) is 43.4 Å². The van der Waals surface area contributed by atoms with Crippen LogP contribution in [0.15, 0.2) is 12.2 Å². The van der Waals surface area contributed by atoms with Crippen LogP contribution in [0.2, 0.25) is 0 Å². The fraction of sp³-hybridized carbons (Fsp3) is 0.833. The molecule has 0 saturated heterocycles. The summed E-state index contributed by atoms with van der Waals surface area (Å²) in [7, 11) is 0. The van der Waals surface area contributed by atoms with Crippen LogP contribution in [0.25, 0.3) is 0 Å². The molecule has 0 saturated carbocycles. The Bertz CT molecular complexity index is 290. The fourth-order valence-electron chi connectivity index (χ4n) is 2.45. The molecule has 0 spiro atoms. The Kier molecular flexibility index (Phi) is 18.2. The molecule has 0 unspecified atom stereocenters. The Labute approximate surface area is 143 Å². The Morgan fingerprint density at radius 1 is 0.818 bits per heavy atom. The summed E-state index contributed by atoms with van der Waals surface area (Å²) >= 11 is -1.38. The summed E-state index contributed by atoms with van der Waals surface area (Å²) in [6, 6.07) is 0. The van der Waals surface area contributed by atoms with Gasteiger partial charge in [-0.15, -0.1) is 0 Å². The molecule has 0 fully saturated rings. The van der Waals surface area contributed by atoms with Gasteiger partial charge in [-0.2, -0.15) is 0 Å². The molecule has 4 heteroatoms. The van der Waals surface area contributed by atoms with Gasteiger partial charge in [0.15, 0.2) is 0 Å². The minimum absolute atomic E-state index is 0.317. The Morgan fingerprint density at radius 2 is 1.32 bits per heavy atom. The SMILES string of the molecule is CCCCCCCC/C=C\CCCCCCCC(=O)[O][Al]=[O]. The van der Waals surface area contributed by atoms with E-state index in [0.717, 1.165) is 12.8 Å². The zero-order valence-corrected chi connectivity index (χ0v) is 15.5. The van der Waals surface area contributed by atoms with Crippen molar-refractivity contribution in [2.24, 2.45) is 0 Å². The molecule has 22 heavy (non-hydrogen) atoms. The molecule has 0 amide bonds. The van der Waals surface area contributed by atoms with Crippen LogP contribution in [0.4, 0.5) is 0 Å². The van der Waals surface area contributed by atoms with E-state index in [1.54, 1.807) is 0 Å². The van der Waals surface area contributed by atoms with E-state index in [9.17, 15) is 8.60 Å². The van der Waals surface area contributed by atoms with E-state index in [1.807, 2.05) is 0 Å². The van der Waals surface area contributed by atoms with Crippen LogP contribution >= 0.6 is 0 Å². The second kappa shape index (κ2) is 18.6. The van der Waals surface area contributed by atoms with Crippen LogP contribution in [-0.4, -0.2) is 21.5 Å². The van der Waals surface area contributed by atoms with Crippen molar-refractivity contribution in [2.75, 3.05) is 0 Å². The Morgan fingerprint density at radius 3 is 1.86 bits per heavy atom. The molecule has 0 aliphatic rings. The van der Waals surface area contributed by atoms with Gasteiger partial charge < -0.3 is 0 Å². The van der Waals surface area contributed by atoms with E-state index in [0.29, 0.717) is 6.42 Å². The first-order valence-corrected chi connectivity index (χ1v) is 10.0. The molecule has 0 aliphatic carbocycles. The van der Waals surface area contributed by atoms with Gasteiger partial charge in [0, 0.05) is 0 Å². The first-order chi connectivity index (χ1) is 10.8. The van der Waals surface area contributed by atoms with Crippen molar-refractivity contribution in [1.29, 1.82) is 0 Å². The molecule has 0 N–H and O–H groups in total. The summed E-state index contributed by atoms with van der Waals surface area (Å²) < 4.78 is 14.6. The molecule has 0 atom stereocenters. The molecular formula is C18H33AlO3. The maximum absolute atomic E-state index is 11.0. The average molecular weight is 324 g/mol. The van der Waals surface area contributed by atoms with Crippen LogP contribution < -0.4 is 0 Å². The zero-order chi connectivity index (χ0) is 16.3. The van der Waals surface area contributed by atoms with Crippen LogP contribution in [0, 0.1) is 0 Å². The summed E-state index contributed by atoms with van der Waals surface area (Å²) in [5.74, 6) is -0.317. The molecule has 3 nitrogen and oxygen atoms in total. The van der Waals surface area contributed by atoms with Gasteiger partial charge in [-0.25, -0.2) is 0 Å². The summed E-state index contributed by atoms with van der Waals surface area (Å²) in [5.41, 5.74) is 0. The first-order valence-electron chi connectivity index (χ1n) is 9.09. The van der Waals surface area contributed by atoms with Crippen molar-refractivity contribution in [2.45, 2.75) is 96.8 Å². The number of carbonyl (C=O) groups excluding carboxylic acids is 1. The third-order valence-corrected chi connectivity index (χ3v) is 4.18.